The molecule has 0 aliphatic carbocycles. The molecule has 0 aliphatic heterocycles. The molecule has 10 heteroatoms. The summed E-state index contributed by atoms with van der Waals surface area (Å²) < 4.78 is 20.4. The number of hydrogen-bond acceptors (Lipinski definition) is 6. The van der Waals surface area contributed by atoms with Gasteiger partial charge in [-0.3, -0.25) is 13.8 Å². The SMILES string of the molecule is O=C(O)CC(SSCCCCS(=O)[O-])C(=O)O.[Na+]. The Morgan fingerprint density at radius 1 is 1.28 bits per heavy atom. The third-order valence-electron chi connectivity index (χ3n) is 1.61. The van der Waals surface area contributed by atoms with Crippen molar-refractivity contribution < 1.29 is 58.1 Å². The van der Waals surface area contributed by atoms with E-state index in [4.69, 9.17) is 10.2 Å². The minimum absolute atomic E-state index is 0. The molecule has 2 unspecified atom stereocenters. The average molecular weight is 324 g/mol. The molecule has 2 atom stereocenters. The van der Waals surface area contributed by atoms with Gasteiger partial charge in [-0.15, -0.1) is 0 Å². The number of carbonyl (C=O) groups is 2. The van der Waals surface area contributed by atoms with Gasteiger partial charge >= 0.3 is 41.5 Å². The number of rotatable bonds is 10. The molecule has 0 aliphatic rings. The van der Waals surface area contributed by atoms with Crippen LogP contribution in [0.3, 0.4) is 0 Å². The normalized spacial score (nSPS) is 13.4. The monoisotopic (exact) mass is 324 g/mol. The first-order chi connectivity index (χ1) is 7.93. The molecule has 6 nitrogen and oxygen atoms in total. The van der Waals surface area contributed by atoms with Crippen molar-refractivity contribution in [1.29, 1.82) is 0 Å². The van der Waals surface area contributed by atoms with Crippen LogP contribution in [-0.2, 0) is 20.7 Å². The molecule has 0 aromatic carbocycles. The van der Waals surface area contributed by atoms with Gasteiger partial charge < -0.3 is 14.8 Å². The second-order valence-corrected chi connectivity index (χ2v) is 6.76. The van der Waals surface area contributed by atoms with E-state index in [1.165, 1.54) is 10.8 Å². The van der Waals surface area contributed by atoms with E-state index in [-0.39, 0.29) is 35.3 Å². The van der Waals surface area contributed by atoms with Gasteiger partial charge in [0.15, 0.2) is 0 Å². The van der Waals surface area contributed by atoms with Crippen LogP contribution in [-0.4, -0.2) is 47.7 Å². The van der Waals surface area contributed by atoms with Crippen LogP contribution in [0.1, 0.15) is 19.3 Å². The van der Waals surface area contributed by atoms with E-state index in [2.05, 4.69) is 0 Å². The summed E-state index contributed by atoms with van der Waals surface area (Å²) in [4.78, 5) is 21.0. The van der Waals surface area contributed by atoms with Crippen molar-refractivity contribution in [1.82, 2.24) is 0 Å². The molecule has 0 aromatic heterocycles. The Hall–Kier alpha value is 0.750. The van der Waals surface area contributed by atoms with Crippen LogP contribution in [0.15, 0.2) is 0 Å². The number of carboxylic acids is 2. The van der Waals surface area contributed by atoms with Gasteiger partial charge in [-0.2, -0.15) is 0 Å². The topological polar surface area (TPSA) is 115 Å². The van der Waals surface area contributed by atoms with Gasteiger partial charge in [-0.25, -0.2) is 0 Å². The van der Waals surface area contributed by atoms with Gasteiger partial charge in [0.2, 0.25) is 0 Å². The van der Waals surface area contributed by atoms with Crippen molar-refractivity contribution in [2.75, 3.05) is 11.5 Å². The molecule has 0 fully saturated rings. The van der Waals surface area contributed by atoms with Crippen LogP contribution in [0, 0.1) is 0 Å². The first-order valence-electron chi connectivity index (χ1n) is 4.72. The molecular weight excluding hydrogens is 311 g/mol. The predicted molar refractivity (Wildman–Crippen MR) is 66.7 cm³/mol. The summed E-state index contributed by atoms with van der Waals surface area (Å²) in [7, 11) is 2.25. The minimum Gasteiger partial charge on any atom is -0.772 e. The zero-order valence-electron chi connectivity index (χ0n) is 9.87. The number of carboxylic acid groups (broad SMARTS) is 2. The van der Waals surface area contributed by atoms with E-state index in [0.29, 0.717) is 18.6 Å². The van der Waals surface area contributed by atoms with E-state index in [1.54, 1.807) is 0 Å². The molecular formula is C8H13NaO6S3. The fraction of sp³-hybridized carbons (Fsp3) is 0.750. The third-order valence-corrected chi connectivity index (χ3v) is 5.03. The Labute approximate surface area is 138 Å². The Bertz CT molecular complexity index is 288. The van der Waals surface area contributed by atoms with E-state index >= 15 is 0 Å². The van der Waals surface area contributed by atoms with Crippen LogP contribution in [0.5, 0.6) is 0 Å². The summed E-state index contributed by atoms with van der Waals surface area (Å²) in [5, 5.41) is 16.2. The Kier molecular flexibility index (Phi) is 14.9. The van der Waals surface area contributed by atoms with Crippen LogP contribution in [0.4, 0.5) is 0 Å². The minimum atomic E-state index is -2.03. The first kappa shape index (κ1) is 21.1. The maximum Gasteiger partial charge on any atom is 1.00 e. The van der Waals surface area contributed by atoms with Gasteiger partial charge in [-0.05, 0) is 12.8 Å². The molecule has 100 valence electrons. The van der Waals surface area contributed by atoms with Crippen molar-refractivity contribution in [3.05, 3.63) is 0 Å². The fourth-order valence-electron chi connectivity index (χ4n) is 0.832. The molecule has 0 rings (SSSR count). The molecule has 2 N–H and O–H groups in total. The largest absolute Gasteiger partial charge is 1.00 e. The maximum atomic E-state index is 10.7. The summed E-state index contributed by atoms with van der Waals surface area (Å²) in [6.07, 6.45) is 0.767. The molecule has 0 bridgehead atoms. The summed E-state index contributed by atoms with van der Waals surface area (Å²) in [5.41, 5.74) is 0. The second kappa shape index (κ2) is 12.8. The van der Waals surface area contributed by atoms with Crippen molar-refractivity contribution >= 4 is 44.6 Å². The van der Waals surface area contributed by atoms with Crippen LogP contribution in [0.25, 0.3) is 0 Å². The molecule has 0 spiro atoms. The molecule has 0 heterocycles. The summed E-state index contributed by atoms with van der Waals surface area (Å²) in [5.74, 6) is -1.59. The average Bonchev–Trinajstić information content (AvgIpc) is 2.20. The van der Waals surface area contributed by atoms with E-state index < -0.39 is 34.7 Å². The summed E-state index contributed by atoms with van der Waals surface area (Å²) in [6, 6.07) is 0. The zero-order chi connectivity index (χ0) is 13.3. The van der Waals surface area contributed by atoms with E-state index in [0.717, 1.165) is 10.8 Å². The molecule has 0 saturated carbocycles. The van der Waals surface area contributed by atoms with Gasteiger partial charge in [0.25, 0.3) is 0 Å². The maximum absolute atomic E-state index is 10.7. The smallest absolute Gasteiger partial charge is 0.772 e. The molecule has 0 aromatic rings. The van der Waals surface area contributed by atoms with Crippen LogP contribution >= 0.6 is 21.6 Å². The predicted octanol–water partition coefficient (Wildman–Crippen LogP) is -2.04. The molecule has 0 saturated heterocycles. The third kappa shape index (κ3) is 13.2. The van der Waals surface area contributed by atoms with Gasteiger partial charge in [0.1, 0.15) is 5.25 Å². The van der Waals surface area contributed by atoms with E-state index in [1.807, 2.05) is 0 Å². The van der Waals surface area contributed by atoms with Crippen LogP contribution in [0.2, 0.25) is 0 Å². The quantitative estimate of drug-likeness (QED) is 0.204. The molecule has 18 heavy (non-hydrogen) atoms. The summed E-state index contributed by atoms with van der Waals surface area (Å²) >= 11 is -2.03. The number of aliphatic carboxylic acids is 2. The van der Waals surface area contributed by atoms with Crippen molar-refractivity contribution in [3.63, 3.8) is 0 Å². The van der Waals surface area contributed by atoms with Crippen molar-refractivity contribution in [3.8, 4) is 0 Å². The van der Waals surface area contributed by atoms with Gasteiger partial charge in [0, 0.05) is 11.5 Å². The van der Waals surface area contributed by atoms with Gasteiger partial charge in [-0.1, -0.05) is 32.7 Å². The Morgan fingerprint density at radius 2 is 1.89 bits per heavy atom. The van der Waals surface area contributed by atoms with Crippen molar-refractivity contribution in [2.45, 2.75) is 24.5 Å². The number of unbranched alkanes of at least 4 members (excludes halogenated alkanes) is 1. The summed E-state index contributed by atoms with van der Waals surface area (Å²) in [6.45, 7) is 0. The first-order valence-corrected chi connectivity index (χ1v) is 8.35. The second-order valence-electron chi connectivity index (χ2n) is 3.06. The Balaban J connectivity index is 0. The van der Waals surface area contributed by atoms with Crippen LogP contribution < -0.4 is 29.6 Å². The molecule has 0 radical (unpaired) electrons. The number of hydrogen-bond donors (Lipinski definition) is 2. The Morgan fingerprint density at radius 3 is 2.33 bits per heavy atom. The van der Waals surface area contributed by atoms with Crippen molar-refractivity contribution in [2.24, 2.45) is 0 Å². The zero-order valence-corrected chi connectivity index (χ0v) is 14.3. The van der Waals surface area contributed by atoms with Gasteiger partial charge in [0.05, 0.1) is 6.42 Å². The fourth-order valence-corrected chi connectivity index (χ4v) is 3.73. The standard InChI is InChI=1S/C8H14O6S3.Na/c9-7(10)5-6(8(11)12)16-15-3-1-2-4-17(13)14;/h6H,1-5H2,(H,9,10)(H,11,12)(H,13,14);/q;+1/p-1. The van der Waals surface area contributed by atoms with E-state index in [9.17, 15) is 18.4 Å². The molecule has 0 amide bonds.